The second-order valence-corrected chi connectivity index (χ2v) is 7.62. The summed E-state index contributed by atoms with van der Waals surface area (Å²) in [5, 5.41) is 18.6. The maximum atomic E-state index is 13.4. The van der Waals surface area contributed by atoms with Crippen molar-refractivity contribution in [3.8, 4) is 0 Å². The molecule has 0 aromatic carbocycles. The fourth-order valence-electron chi connectivity index (χ4n) is 4.40. The summed E-state index contributed by atoms with van der Waals surface area (Å²) in [6, 6.07) is 1.66. The summed E-state index contributed by atoms with van der Waals surface area (Å²) in [5.41, 5.74) is 1.33. The SMILES string of the molecule is Cc1cc(Nc2ncnc3n[nH]nc23)c(=O)n2c1C(=O)NC1(CCCCC1)N2C. The second-order valence-electron chi connectivity index (χ2n) is 7.62. The molecule has 29 heavy (non-hydrogen) atoms. The highest BCUT2D eigenvalue weighted by Gasteiger charge is 2.44. The lowest BCUT2D eigenvalue weighted by Gasteiger charge is -2.50. The molecule has 11 nitrogen and oxygen atoms in total. The van der Waals surface area contributed by atoms with Gasteiger partial charge in [-0.15, -0.1) is 5.10 Å². The van der Waals surface area contributed by atoms with Crippen molar-refractivity contribution in [3.05, 3.63) is 34.0 Å². The van der Waals surface area contributed by atoms with Crippen LogP contribution in [0.25, 0.3) is 11.2 Å². The first-order chi connectivity index (χ1) is 14.0. The van der Waals surface area contributed by atoms with Crippen molar-refractivity contribution in [1.29, 1.82) is 0 Å². The van der Waals surface area contributed by atoms with E-state index in [2.05, 4.69) is 36.0 Å². The Labute approximate surface area is 165 Å². The molecule has 1 saturated carbocycles. The summed E-state index contributed by atoms with van der Waals surface area (Å²) in [7, 11) is 1.86. The van der Waals surface area contributed by atoms with Crippen molar-refractivity contribution < 1.29 is 4.79 Å². The number of carbonyl (C=O) groups excluding carboxylic acids is 1. The summed E-state index contributed by atoms with van der Waals surface area (Å²) in [5.74, 6) is 0.156. The Balaban J connectivity index is 1.63. The van der Waals surface area contributed by atoms with Crippen molar-refractivity contribution in [2.45, 2.75) is 44.7 Å². The molecule has 5 rings (SSSR count). The summed E-state index contributed by atoms with van der Waals surface area (Å²) >= 11 is 0. The van der Waals surface area contributed by atoms with Gasteiger partial charge < -0.3 is 10.6 Å². The zero-order valence-corrected chi connectivity index (χ0v) is 16.2. The largest absolute Gasteiger partial charge is 0.334 e. The highest BCUT2D eigenvalue weighted by atomic mass is 16.2. The molecule has 1 aliphatic heterocycles. The van der Waals surface area contributed by atoms with Gasteiger partial charge in [-0.3, -0.25) is 14.6 Å². The third kappa shape index (κ3) is 2.57. The van der Waals surface area contributed by atoms with E-state index >= 15 is 0 Å². The van der Waals surface area contributed by atoms with Gasteiger partial charge in [0, 0.05) is 7.05 Å². The molecule has 4 heterocycles. The van der Waals surface area contributed by atoms with Crippen LogP contribution in [0.4, 0.5) is 11.5 Å². The van der Waals surface area contributed by atoms with E-state index in [-0.39, 0.29) is 11.5 Å². The van der Waals surface area contributed by atoms with E-state index in [4.69, 9.17) is 0 Å². The Morgan fingerprint density at radius 3 is 2.72 bits per heavy atom. The van der Waals surface area contributed by atoms with Crippen LogP contribution in [-0.4, -0.2) is 48.7 Å². The van der Waals surface area contributed by atoms with Crippen molar-refractivity contribution in [3.63, 3.8) is 0 Å². The third-order valence-electron chi connectivity index (χ3n) is 5.90. The van der Waals surface area contributed by atoms with E-state index < -0.39 is 5.66 Å². The number of carbonyl (C=O) groups is 1. The Morgan fingerprint density at radius 2 is 1.93 bits per heavy atom. The summed E-state index contributed by atoms with van der Waals surface area (Å²) < 4.78 is 1.49. The molecule has 2 aliphatic rings. The average Bonchev–Trinajstić information content (AvgIpc) is 3.19. The molecule has 0 bridgehead atoms. The predicted octanol–water partition coefficient (Wildman–Crippen LogP) is 0.933. The number of rotatable bonds is 2. The van der Waals surface area contributed by atoms with Gasteiger partial charge in [0.05, 0.1) is 0 Å². The van der Waals surface area contributed by atoms with Gasteiger partial charge in [-0.1, -0.05) is 6.42 Å². The van der Waals surface area contributed by atoms with Crippen molar-refractivity contribution in [1.82, 2.24) is 35.4 Å². The van der Waals surface area contributed by atoms with Crippen molar-refractivity contribution in [2.24, 2.45) is 0 Å². The molecule has 0 radical (unpaired) electrons. The zero-order valence-electron chi connectivity index (χ0n) is 16.2. The molecule has 1 fully saturated rings. The number of aromatic nitrogens is 6. The smallest absolute Gasteiger partial charge is 0.293 e. The summed E-state index contributed by atoms with van der Waals surface area (Å²) in [6.45, 7) is 1.81. The van der Waals surface area contributed by atoms with Crippen LogP contribution in [0.3, 0.4) is 0 Å². The minimum atomic E-state index is -0.536. The van der Waals surface area contributed by atoms with Gasteiger partial charge in [0.2, 0.25) is 5.65 Å². The number of amides is 1. The predicted molar refractivity (Wildman–Crippen MR) is 106 cm³/mol. The zero-order chi connectivity index (χ0) is 20.2. The number of aryl methyl sites for hydroxylation is 1. The van der Waals surface area contributed by atoms with Crippen LogP contribution >= 0.6 is 0 Å². The topological polar surface area (TPSA) is 134 Å². The first-order valence-corrected chi connectivity index (χ1v) is 9.62. The molecule has 3 N–H and O–H groups in total. The number of H-pyrrole nitrogens is 1. The average molecular weight is 395 g/mol. The molecule has 150 valence electrons. The standard InChI is InChI=1S/C18H21N9O2/c1-10-8-11(21-14-12-15(20-9-19-14)24-25-23-12)17(29)27-13(10)16(28)22-18(26(27)2)6-4-3-5-7-18/h8-9H,3-7H2,1-2H3,(H,22,28)(H2,19,20,21,23,24,25). The molecule has 1 aliphatic carbocycles. The number of pyridine rings is 1. The van der Waals surface area contributed by atoms with E-state index in [0.29, 0.717) is 33.9 Å². The molecular weight excluding hydrogens is 374 g/mol. The molecule has 3 aromatic heterocycles. The summed E-state index contributed by atoms with van der Waals surface area (Å²) in [4.78, 5) is 34.6. The van der Waals surface area contributed by atoms with E-state index in [9.17, 15) is 9.59 Å². The Hall–Kier alpha value is -3.50. The van der Waals surface area contributed by atoms with Crippen LogP contribution in [-0.2, 0) is 0 Å². The van der Waals surface area contributed by atoms with Gasteiger partial charge in [-0.05, 0) is 44.2 Å². The number of nitrogens with zero attached hydrogens (tertiary/aromatic N) is 6. The monoisotopic (exact) mass is 395 g/mol. The normalized spacial score (nSPS) is 18.0. The van der Waals surface area contributed by atoms with Gasteiger partial charge in [0.15, 0.2) is 11.3 Å². The van der Waals surface area contributed by atoms with E-state index in [1.165, 1.54) is 11.0 Å². The highest BCUT2D eigenvalue weighted by Crippen LogP contribution is 2.33. The number of anilines is 2. The van der Waals surface area contributed by atoms with E-state index in [1.807, 2.05) is 19.0 Å². The van der Waals surface area contributed by atoms with E-state index in [1.54, 1.807) is 6.07 Å². The first-order valence-electron chi connectivity index (χ1n) is 9.62. The number of fused-ring (bicyclic) bond motifs is 2. The van der Waals surface area contributed by atoms with Crippen LogP contribution in [0.5, 0.6) is 0 Å². The Kier molecular flexibility index (Phi) is 3.80. The van der Waals surface area contributed by atoms with Gasteiger partial charge in [0.25, 0.3) is 11.5 Å². The fourth-order valence-corrected chi connectivity index (χ4v) is 4.40. The van der Waals surface area contributed by atoms with Crippen LogP contribution in [0.2, 0.25) is 0 Å². The summed E-state index contributed by atoms with van der Waals surface area (Å²) in [6.07, 6.45) is 6.13. The quantitative estimate of drug-likeness (QED) is 0.584. The molecule has 1 spiro atoms. The Bertz CT molecular complexity index is 1180. The molecule has 0 saturated heterocycles. The number of hydrogen-bond acceptors (Lipinski definition) is 8. The van der Waals surface area contributed by atoms with E-state index in [0.717, 1.165) is 32.1 Å². The van der Waals surface area contributed by atoms with Crippen LogP contribution in [0.15, 0.2) is 17.2 Å². The lowest BCUT2D eigenvalue weighted by Crippen LogP contribution is -2.70. The lowest BCUT2D eigenvalue weighted by atomic mass is 9.87. The fraction of sp³-hybridized carbons (Fsp3) is 0.444. The number of hydrogen-bond donors (Lipinski definition) is 3. The van der Waals surface area contributed by atoms with Crippen LogP contribution < -0.4 is 21.2 Å². The lowest BCUT2D eigenvalue weighted by molar-refractivity contribution is 0.0773. The van der Waals surface area contributed by atoms with Crippen LogP contribution in [0.1, 0.15) is 48.2 Å². The maximum Gasteiger partial charge on any atom is 0.293 e. The highest BCUT2D eigenvalue weighted by molar-refractivity contribution is 5.96. The van der Waals surface area contributed by atoms with Gasteiger partial charge in [0.1, 0.15) is 23.4 Å². The minimum Gasteiger partial charge on any atom is -0.334 e. The Morgan fingerprint density at radius 1 is 1.14 bits per heavy atom. The third-order valence-corrected chi connectivity index (χ3v) is 5.90. The molecular formula is C18H21N9O2. The molecule has 0 atom stereocenters. The second kappa shape index (κ2) is 6.26. The molecule has 0 unspecified atom stereocenters. The van der Waals surface area contributed by atoms with Crippen molar-refractivity contribution in [2.75, 3.05) is 17.4 Å². The van der Waals surface area contributed by atoms with Crippen LogP contribution in [0, 0.1) is 6.92 Å². The van der Waals surface area contributed by atoms with Gasteiger partial charge in [-0.2, -0.15) is 10.3 Å². The first kappa shape index (κ1) is 17.6. The maximum absolute atomic E-state index is 13.4. The van der Waals surface area contributed by atoms with Gasteiger partial charge >= 0.3 is 0 Å². The minimum absolute atomic E-state index is 0.216. The molecule has 1 amide bonds. The molecule has 3 aromatic rings. The number of aromatic amines is 1. The number of nitrogens with one attached hydrogen (secondary N) is 3. The molecule has 11 heteroatoms. The van der Waals surface area contributed by atoms with Crippen molar-refractivity contribution >= 4 is 28.6 Å². The van der Waals surface area contributed by atoms with Gasteiger partial charge in [-0.25, -0.2) is 14.6 Å².